The minimum atomic E-state index is 0. The first-order chi connectivity index (χ1) is 12.8. The Morgan fingerprint density at radius 1 is 0.889 bits per heavy atom. The number of piperidine rings is 1. The third-order valence-corrected chi connectivity index (χ3v) is 6.82. The van der Waals surface area contributed by atoms with E-state index < -0.39 is 0 Å². The summed E-state index contributed by atoms with van der Waals surface area (Å²) in [6.45, 7) is 3.12. The summed E-state index contributed by atoms with van der Waals surface area (Å²) in [6.07, 6.45) is 10.8. The van der Waals surface area contributed by atoms with Crippen LogP contribution in [0.3, 0.4) is 0 Å². The highest BCUT2D eigenvalue weighted by atomic mass is 35.5. The highest BCUT2D eigenvalue weighted by Gasteiger charge is 2.28. The smallest absolute Gasteiger partial charge is 0.222 e. The van der Waals surface area contributed by atoms with E-state index in [0.717, 1.165) is 38.3 Å². The van der Waals surface area contributed by atoms with Crippen LogP contribution < -0.4 is 5.32 Å². The summed E-state index contributed by atoms with van der Waals surface area (Å²) >= 11 is 0. The van der Waals surface area contributed by atoms with Gasteiger partial charge in [0.05, 0.1) is 0 Å². The van der Waals surface area contributed by atoms with E-state index in [-0.39, 0.29) is 12.4 Å². The summed E-state index contributed by atoms with van der Waals surface area (Å²) in [4.78, 5) is 14.8. The van der Waals surface area contributed by atoms with Crippen LogP contribution in [-0.2, 0) is 4.79 Å². The van der Waals surface area contributed by atoms with Crippen molar-refractivity contribution in [1.29, 1.82) is 0 Å². The van der Waals surface area contributed by atoms with E-state index >= 15 is 0 Å². The van der Waals surface area contributed by atoms with Crippen molar-refractivity contribution < 1.29 is 4.79 Å². The topological polar surface area (TPSA) is 32.3 Å². The molecule has 0 bridgehead atoms. The van der Waals surface area contributed by atoms with E-state index in [1.54, 1.807) is 0 Å². The Morgan fingerprint density at radius 2 is 1.52 bits per heavy atom. The highest BCUT2D eigenvalue weighted by molar-refractivity contribution is 5.85. The number of hydrogen-bond donors (Lipinski definition) is 1. The average Bonchev–Trinajstić information content (AvgIpc) is 3.52. The van der Waals surface area contributed by atoms with Crippen LogP contribution in [0.5, 0.6) is 0 Å². The highest BCUT2D eigenvalue weighted by Crippen LogP contribution is 2.37. The van der Waals surface area contributed by atoms with E-state index in [1.165, 1.54) is 50.6 Å². The molecule has 0 aromatic heterocycles. The second-order valence-electron chi connectivity index (χ2n) is 8.84. The van der Waals surface area contributed by atoms with Crippen LogP contribution in [0.4, 0.5) is 0 Å². The summed E-state index contributed by atoms with van der Waals surface area (Å²) < 4.78 is 0. The number of carbonyl (C=O) groups is 1. The molecule has 0 radical (unpaired) electrons. The Kier molecular flexibility index (Phi) is 7.60. The number of halogens is 1. The second-order valence-corrected chi connectivity index (χ2v) is 8.84. The summed E-state index contributed by atoms with van der Waals surface area (Å²) in [7, 11) is 0. The van der Waals surface area contributed by atoms with E-state index in [2.05, 4.69) is 40.5 Å². The lowest BCUT2D eigenvalue weighted by Crippen LogP contribution is -2.45. The fraction of sp³-hybridized carbons (Fsp3) is 0.696. The molecule has 3 fully saturated rings. The van der Waals surface area contributed by atoms with Crippen LogP contribution in [0.2, 0.25) is 0 Å². The third kappa shape index (κ3) is 5.96. The minimum absolute atomic E-state index is 0. The number of rotatable bonds is 6. The van der Waals surface area contributed by atoms with Crippen LogP contribution in [0.25, 0.3) is 0 Å². The Labute approximate surface area is 170 Å². The zero-order chi connectivity index (χ0) is 17.8. The molecular weight excluding hydrogens is 356 g/mol. The lowest BCUT2D eigenvalue weighted by Gasteiger charge is -2.34. The van der Waals surface area contributed by atoms with E-state index in [9.17, 15) is 4.79 Å². The van der Waals surface area contributed by atoms with Crippen molar-refractivity contribution in [3.05, 3.63) is 35.9 Å². The molecule has 4 rings (SSSR count). The van der Waals surface area contributed by atoms with Crippen molar-refractivity contribution in [2.45, 2.75) is 69.7 Å². The maximum absolute atomic E-state index is 12.7. The molecular formula is C23H35ClN2O. The number of nitrogens with zero attached hydrogens (tertiary/aromatic N) is 1. The van der Waals surface area contributed by atoms with E-state index in [4.69, 9.17) is 0 Å². The first kappa shape index (κ1) is 20.7. The van der Waals surface area contributed by atoms with Gasteiger partial charge in [0.15, 0.2) is 0 Å². The van der Waals surface area contributed by atoms with Crippen molar-refractivity contribution in [3.63, 3.8) is 0 Å². The third-order valence-electron chi connectivity index (χ3n) is 6.82. The first-order valence-electron chi connectivity index (χ1n) is 10.8. The van der Waals surface area contributed by atoms with Crippen LogP contribution in [0.15, 0.2) is 30.3 Å². The predicted molar refractivity (Wildman–Crippen MR) is 113 cm³/mol. The quantitative estimate of drug-likeness (QED) is 0.759. The standard InChI is InChI=1S/C23H34N2O.ClH/c26-23(25-14-12-22(13-15-25)24-17-19-6-7-19)16-18-8-10-21(11-9-18)20-4-2-1-3-5-20;/h1-5,18-19,21-22,24H,6-17H2;1H. The maximum atomic E-state index is 12.7. The molecule has 0 unspecified atom stereocenters. The van der Waals surface area contributed by atoms with Crippen molar-refractivity contribution in [2.75, 3.05) is 19.6 Å². The molecule has 1 saturated heterocycles. The molecule has 1 aromatic carbocycles. The summed E-state index contributed by atoms with van der Waals surface area (Å²) in [5.74, 6) is 2.67. The van der Waals surface area contributed by atoms with Gasteiger partial charge in [0, 0.05) is 25.6 Å². The predicted octanol–water partition coefficient (Wildman–Crippen LogP) is 4.76. The number of likely N-dealkylation sites (tertiary alicyclic amines) is 1. The Hall–Kier alpha value is -1.06. The van der Waals surface area contributed by atoms with Crippen LogP contribution in [-0.4, -0.2) is 36.5 Å². The van der Waals surface area contributed by atoms with Gasteiger partial charge in [-0.05, 0) is 81.2 Å². The number of carbonyl (C=O) groups excluding carboxylic acids is 1. The summed E-state index contributed by atoms with van der Waals surface area (Å²) in [5, 5.41) is 3.71. The SMILES string of the molecule is Cl.O=C(CC1CCC(c2ccccc2)CC1)N1CCC(NCC2CC2)CC1. The molecule has 27 heavy (non-hydrogen) atoms. The van der Waals surface area contributed by atoms with Crippen molar-refractivity contribution in [2.24, 2.45) is 11.8 Å². The van der Waals surface area contributed by atoms with Crippen LogP contribution in [0, 0.1) is 11.8 Å². The molecule has 2 saturated carbocycles. The largest absolute Gasteiger partial charge is 0.343 e. The molecule has 4 heteroatoms. The molecule has 1 N–H and O–H groups in total. The lowest BCUT2D eigenvalue weighted by molar-refractivity contribution is -0.133. The molecule has 1 amide bonds. The molecule has 150 valence electrons. The van der Waals surface area contributed by atoms with Gasteiger partial charge in [-0.3, -0.25) is 4.79 Å². The average molecular weight is 391 g/mol. The van der Waals surface area contributed by atoms with Crippen molar-refractivity contribution in [3.8, 4) is 0 Å². The van der Waals surface area contributed by atoms with Gasteiger partial charge in [0.2, 0.25) is 5.91 Å². The van der Waals surface area contributed by atoms with Gasteiger partial charge >= 0.3 is 0 Å². The van der Waals surface area contributed by atoms with Crippen LogP contribution >= 0.6 is 12.4 Å². The molecule has 0 spiro atoms. The lowest BCUT2D eigenvalue weighted by atomic mass is 9.77. The maximum Gasteiger partial charge on any atom is 0.222 e. The summed E-state index contributed by atoms with van der Waals surface area (Å²) in [6, 6.07) is 11.6. The van der Waals surface area contributed by atoms with E-state index in [0.29, 0.717) is 23.8 Å². The van der Waals surface area contributed by atoms with Gasteiger partial charge in [-0.25, -0.2) is 0 Å². The van der Waals surface area contributed by atoms with Gasteiger partial charge in [0.25, 0.3) is 0 Å². The van der Waals surface area contributed by atoms with E-state index in [1.807, 2.05) is 0 Å². The van der Waals surface area contributed by atoms with Crippen LogP contribution in [0.1, 0.15) is 69.3 Å². The molecule has 3 aliphatic rings. The Morgan fingerprint density at radius 3 is 2.15 bits per heavy atom. The van der Waals surface area contributed by atoms with Gasteiger partial charge < -0.3 is 10.2 Å². The molecule has 2 aliphatic carbocycles. The normalized spacial score (nSPS) is 26.4. The first-order valence-corrected chi connectivity index (χ1v) is 10.8. The van der Waals surface area contributed by atoms with Gasteiger partial charge in [-0.2, -0.15) is 0 Å². The number of amides is 1. The molecule has 1 aromatic rings. The minimum Gasteiger partial charge on any atom is -0.343 e. The molecule has 1 aliphatic heterocycles. The molecule has 1 heterocycles. The zero-order valence-electron chi connectivity index (χ0n) is 16.4. The van der Waals surface area contributed by atoms with Crippen molar-refractivity contribution >= 4 is 18.3 Å². The van der Waals surface area contributed by atoms with Gasteiger partial charge in [0.1, 0.15) is 0 Å². The number of hydrogen-bond acceptors (Lipinski definition) is 2. The zero-order valence-corrected chi connectivity index (χ0v) is 17.3. The van der Waals surface area contributed by atoms with Gasteiger partial charge in [-0.1, -0.05) is 30.3 Å². The second kappa shape index (κ2) is 9.93. The fourth-order valence-corrected chi connectivity index (χ4v) is 4.79. The molecule has 3 nitrogen and oxygen atoms in total. The molecule has 0 atom stereocenters. The Balaban J connectivity index is 0.00000210. The van der Waals surface area contributed by atoms with Crippen molar-refractivity contribution in [1.82, 2.24) is 10.2 Å². The monoisotopic (exact) mass is 390 g/mol. The number of benzene rings is 1. The summed E-state index contributed by atoms with van der Waals surface area (Å²) in [5.41, 5.74) is 1.48. The Bertz CT molecular complexity index is 573. The number of nitrogens with one attached hydrogen (secondary N) is 1. The fourth-order valence-electron chi connectivity index (χ4n) is 4.79. The van der Waals surface area contributed by atoms with Gasteiger partial charge in [-0.15, -0.1) is 12.4 Å².